The van der Waals surface area contributed by atoms with Crippen molar-refractivity contribution < 1.29 is 4.79 Å². The number of amides is 1. The number of hydrogen-bond donors (Lipinski definition) is 1. The predicted molar refractivity (Wildman–Crippen MR) is 120 cm³/mol. The molecule has 0 radical (unpaired) electrons. The third-order valence-electron chi connectivity index (χ3n) is 4.22. The number of carbonyl (C=O) groups is 1. The Kier molecular flexibility index (Phi) is 6.00. The van der Waals surface area contributed by atoms with Gasteiger partial charge in [0.1, 0.15) is 15.8 Å². The Morgan fingerprint density at radius 1 is 1.39 bits per heavy atom. The number of thiocarbonyl (C=S) groups is 1. The van der Waals surface area contributed by atoms with Gasteiger partial charge in [0.05, 0.1) is 10.5 Å². The molecule has 28 heavy (non-hydrogen) atoms. The van der Waals surface area contributed by atoms with E-state index in [2.05, 4.69) is 30.7 Å². The van der Waals surface area contributed by atoms with Gasteiger partial charge in [-0.1, -0.05) is 50.0 Å². The van der Waals surface area contributed by atoms with Crippen LogP contribution in [0.1, 0.15) is 25.0 Å². The van der Waals surface area contributed by atoms with Gasteiger partial charge < -0.3 is 5.32 Å². The Balaban J connectivity index is 2.16. The molecule has 2 aromatic heterocycles. The van der Waals surface area contributed by atoms with Gasteiger partial charge in [0.25, 0.3) is 11.5 Å². The van der Waals surface area contributed by atoms with Crippen LogP contribution in [0.4, 0.5) is 5.82 Å². The molecule has 1 amide bonds. The lowest BCUT2D eigenvalue weighted by Gasteiger charge is -2.13. The molecular weight excluding hydrogens is 392 g/mol. The van der Waals surface area contributed by atoms with E-state index in [1.165, 1.54) is 21.1 Å². The van der Waals surface area contributed by atoms with Gasteiger partial charge >= 0.3 is 0 Å². The molecule has 2 aromatic rings. The highest BCUT2D eigenvalue weighted by atomic mass is 32.2. The first-order valence-electron chi connectivity index (χ1n) is 8.95. The summed E-state index contributed by atoms with van der Waals surface area (Å²) in [5, 5.41) is 3.26. The fourth-order valence-corrected chi connectivity index (χ4v) is 4.05. The van der Waals surface area contributed by atoms with E-state index in [9.17, 15) is 9.59 Å². The van der Waals surface area contributed by atoms with E-state index in [0.29, 0.717) is 45.3 Å². The maximum absolute atomic E-state index is 13.2. The number of rotatable bonds is 6. The summed E-state index contributed by atoms with van der Waals surface area (Å²) < 4.78 is 1.96. The first kappa shape index (κ1) is 20.3. The number of anilines is 1. The second-order valence-corrected chi connectivity index (χ2v) is 8.60. The van der Waals surface area contributed by atoms with Gasteiger partial charge in [0, 0.05) is 19.3 Å². The average Bonchev–Trinajstić information content (AvgIpc) is 2.91. The molecule has 0 saturated carbocycles. The highest BCUT2D eigenvalue weighted by Crippen LogP contribution is 2.33. The normalized spacial score (nSPS) is 15.9. The molecule has 0 bridgehead atoms. The molecule has 3 heterocycles. The first-order valence-corrected chi connectivity index (χ1v) is 10.2. The monoisotopic (exact) mass is 414 g/mol. The minimum absolute atomic E-state index is 0.224. The van der Waals surface area contributed by atoms with Gasteiger partial charge in [0.15, 0.2) is 0 Å². The Labute approximate surface area is 173 Å². The topological polar surface area (TPSA) is 66.7 Å². The molecule has 1 aliphatic heterocycles. The molecule has 0 aromatic carbocycles. The second kappa shape index (κ2) is 8.28. The van der Waals surface area contributed by atoms with Crippen LogP contribution in [0, 0.1) is 12.8 Å². The molecule has 0 unspecified atom stereocenters. The van der Waals surface area contributed by atoms with E-state index in [0.717, 1.165) is 5.56 Å². The summed E-state index contributed by atoms with van der Waals surface area (Å²) in [5.41, 5.74) is 1.61. The number of carbonyl (C=O) groups excluding carboxylic acids is 1. The van der Waals surface area contributed by atoms with Crippen LogP contribution in [0.3, 0.4) is 0 Å². The zero-order valence-corrected chi connectivity index (χ0v) is 17.7. The average molecular weight is 415 g/mol. The number of thioether (sulfide) groups is 1. The zero-order chi connectivity index (χ0) is 20.4. The largest absolute Gasteiger partial charge is 0.369 e. The summed E-state index contributed by atoms with van der Waals surface area (Å²) in [7, 11) is 0. The highest BCUT2D eigenvalue weighted by Gasteiger charge is 2.31. The maximum atomic E-state index is 13.2. The lowest BCUT2D eigenvalue weighted by Crippen LogP contribution is -2.28. The molecule has 1 saturated heterocycles. The van der Waals surface area contributed by atoms with E-state index in [-0.39, 0.29) is 11.5 Å². The third kappa shape index (κ3) is 3.88. The van der Waals surface area contributed by atoms with Crippen LogP contribution in [-0.2, 0) is 4.79 Å². The Morgan fingerprint density at radius 2 is 2.14 bits per heavy atom. The van der Waals surface area contributed by atoms with Gasteiger partial charge in [-0.2, -0.15) is 0 Å². The standard InChI is InChI=1S/C20H22N4O2S2/c1-5-8-24-19(26)15(28-20(24)27)10-14-16(21-11-12(2)3)22-17-13(4)7-6-9-23(17)18(14)25/h5-7,9-10,12,21H,1,8,11H2,2-4H3. The summed E-state index contributed by atoms with van der Waals surface area (Å²) in [5.74, 6) is 0.621. The van der Waals surface area contributed by atoms with Crippen molar-refractivity contribution in [3.8, 4) is 0 Å². The van der Waals surface area contributed by atoms with Crippen molar-refractivity contribution in [3.05, 3.63) is 57.4 Å². The first-order chi connectivity index (χ1) is 13.3. The summed E-state index contributed by atoms with van der Waals surface area (Å²) in [6, 6.07) is 3.72. The van der Waals surface area contributed by atoms with E-state index < -0.39 is 0 Å². The van der Waals surface area contributed by atoms with Gasteiger partial charge in [-0.15, -0.1) is 6.58 Å². The summed E-state index contributed by atoms with van der Waals surface area (Å²) >= 11 is 6.47. The van der Waals surface area contributed by atoms with Crippen molar-refractivity contribution in [2.75, 3.05) is 18.4 Å². The van der Waals surface area contributed by atoms with Crippen molar-refractivity contribution in [2.45, 2.75) is 20.8 Å². The smallest absolute Gasteiger partial charge is 0.267 e. The minimum atomic E-state index is -0.228. The number of aromatic nitrogens is 2. The van der Waals surface area contributed by atoms with E-state index >= 15 is 0 Å². The molecule has 1 N–H and O–H groups in total. The van der Waals surface area contributed by atoms with Gasteiger partial charge in [-0.3, -0.25) is 18.9 Å². The molecule has 0 spiro atoms. The van der Waals surface area contributed by atoms with Crippen molar-refractivity contribution in [2.24, 2.45) is 5.92 Å². The molecule has 6 nitrogen and oxygen atoms in total. The fourth-order valence-electron chi connectivity index (χ4n) is 2.79. The quantitative estimate of drug-likeness (QED) is 0.444. The molecular formula is C20H22N4O2S2. The zero-order valence-electron chi connectivity index (χ0n) is 16.1. The summed E-state index contributed by atoms with van der Waals surface area (Å²) in [6.07, 6.45) is 4.90. The van der Waals surface area contributed by atoms with Crippen LogP contribution in [0.15, 0.2) is 40.7 Å². The maximum Gasteiger partial charge on any atom is 0.267 e. The van der Waals surface area contributed by atoms with Crippen LogP contribution in [0.2, 0.25) is 0 Å². The van der Waals surface area contributed by atoms with Crippen LogP contribution in [0.5, 0.6) is 0 Å². The summed E-state index contributed by atoms with van der Waals surface area (Å²) in [4.78, 5) is 32.4. The van der Waals surface area contributed by atoms with Gasteiger partial charge in [-0.05, 0) is 30.5 Å². The molecule has 8 heteroatoms. The second-order valence-electron chi connectivity index (χ2n) is 6.92. The molecule has 0 atom stereocenters. The molecule has 0 aliphatic carbocycles. The number of hydrogen-bond acceptors (Lipinski definition) is 6. The van der Waals surface area contributed by atoms with Crippen LogP contribution in [-0.4, -0.2) is 37.6 Å². The Bertz CT molecular complexity index is 1060. The van der Waals surface area contributed by atoms with Crippen molar-refractivity contribution in [1.29, 1.82) is 0 Å². The molecule has 146 valence electrons. The fraction of sp³-hybridized carbons (Fsp3) is 0.300. The van der Waals surface area contributed by atoms with Crippen molar-refractivity contribution >= 4 is 51.7 Å². The highest BCUT2D eigenvalue weighted by molar-refractivity contribution is 8.26. The lowest BCUT2D eigenvalue weighted by molar-refractivity contribution is -0.121. The number of fused-ring (bicyclic) bond motifs is 1. The Morgan fingerprint density at radius 3 is 2.82 bits per heavy atom. The number of aryl methyl sites for hydroxylation is 1. The van der Waals surface area contributed by atoms with Crippen LogP contribution < -0.4 is 10.9 Å². The third-order valence-corrected chi connectivity index (χ3v) is 5.60. The minimum Gasteiger partial charge on any atom is -0.369 e. The summed E-state index contributed by atoms with van der Waals surface area (Å²) in [6.45, 7) is 10.7. The molecule has 1 aliphatic rings. The number of nitrogens with zero attached hydrogens (tertiary/aromatic N) is 3. The van der Waals surface area contributed by atoms with Gasteiger partial charge in [-0.25, -0.2) is 4.98 Å². The lowest BCUT2D eigenvalue weighted by atomic mass is 10.2. The van der Waals surface area contributed by atoms with Crippen LogP contribution in [0.25, 0.3) is 11.7 Å². The molecule has 3 rings (SSSR count). The number of nitrogens with one attached hydrogen (secondary N) is 1. The van der Waals surface area contributed by atoms with E-state index in [4.69, 9.17) is 12.2 Å². The van der Waals surface area contributed by atoms with E-state index in [1.54, 1.807) is 24.4 Å². The van der Waals surface area contributed by atoms with Crippen molar-refractivity contribution in [3.63, 3.8) is 0 Å². The van der Waals surface area contributed by atoms with Crippen molar-refractivity contribution in [1.82, 2.24) is 14.3 Å². The van der Waals surface area contributed by atoms with Gasteiger partial charge in [0.2, 0.25) is 0 Å². The van der Waals surface area contributed by atoms with Crippen LogP contribution >= 0.6 is 24.0 Å². The number of pyridine rings is 1. The SMILES string of the molecule is C=CCN1C(=O)C(=Cc2c(NCC(C)C)nc3c(C)cccn3c2=O)SC1=S. The Hall–Kier alpha value is -2.45. The van der Waals surface area contributed by atoms with E-state index in [1.807, 2.05) is 13.0 Å². The molecule has 1 fully saturated rings. The predicted octanol–water partition coefficient (Wildman–Crippen LogP) is 3.46.